The quantitative estimate of drug-likeness (QED) is 0.907. The van der Waals surface area contributed by atoms with Gasteiger partial charge in [-0.1, -0.05) is 11.6 Å². The Labute approximate surface area is 115 Å². The molecular weight excluding hydrogens is 266 g/mol. The highest BCUT2D eigenvalue weighted by Crippen LogP contribution is 2.38. The van der Waals surface area contributed by atoms with Crippen molar-refractivity contribution >= 4 is 17.3 Å². The molecule has 0 bridgehead atoms. The molecule has 6 heteroatoms. The van der Waals surface area contributed by atoms with Gasteiger partial charge in [-0.25, -0.2) is 4.98 Å². The average molecular weight is 280 g/mol. The van der Waals surface area contributed by atoms with Crippen LogP contribution in [0.15, 0.2) is 18.5 Å². The minimum Gasteiger partial charge on any atom is -0.486 e. The third-order valence-corrected chi connectivity index (χ3v) is 3.33. The van der Waals surface area contributed by atoms with Gasteiger partial charge in [0.25, 0.3) is 0 Å². The highest BCUT2D eigenvalue weighted by Gasteiger charge is 2.15. The number of anilines is 1. The minimum atomic E-state index is 0.558. The van der Waals surface area contributed by atoms with E-state index in [2.05, 4.69) is 15.3 Å². The van der Waals surface area contributed by atoms with Gasteiger partial charge in [-0.15, -0.1) is 0 Å². The fraction of sp³-hybridized carbons (Fsp3) is 0.308. The summed E-state index contributed by atoms with van der Waals surface area (Å²) in [6.45, 7) is 3.71. The number of fused-ring (bicyclic) bond motifs is 1. The van der Waals surface area contributed by atoms with Crippen LogP contribution < -0.4 is 14.8 Å². The molecule has 0 saturated heterocycles. The molecule has 1 aliphatic rings. The van der Waals surface area contributed by atoms with Crippen molar-refractivity contribution in [3.63, 3.8) is 0 Å². The number of rotatable bonds is 3. The maximum atomic E-state index is 6.21. The summed E-state index contributed by atoms with van der Waals surface area (Å²) in [5.41, 5.74) is 2.82. The van der Waals surface area contributed by atoms with Crippen LogP contribution in [0.2, 0.25) is 5.02 Å². The molecule has 1 aromatic heterocycles. The van der Waals surface area contributed by atoms with E-state index in [0.29, 0.717) is 30.5 Å². The SMILES string of the molecule is Cc1[nH]cnc1CNc1cc2c(cc1Cl)OCCO2. The number of hydrogen-bond donors (Lipinski definition) is 2. The van der Waals surface area contributed by atoms with Gasteiger partial charge >= 0.3 is 0 Å². The van der Waals surface area contributed by atoms with Crippen molar-refractivity contribution < 1.29 is 9.47 Å². The molecule has 0 fully saturated rings. The molecule has 0 unspecified atom stereocenters. The molecule has 5 nitrogen and oxygen atoms in total. The molecule has 19 heavy (non-hydrogen) atoms. The number of aromatic nitrogens is 2. The van der Waals surface area contributed by atoms with Crippen LogP contribution >= 0.6 is 11.6 Å². The van der Waals surface area contributed by atoms with Gasteiger partial charge in [-0.3, -0.25) is 0 Å². The van der Waals surface area contributed by atoms with Crippen molar-refractivity contribution in [2.24, 2.45) is 0 Å². The predicted octanol–water partition coefficient (Wildman–Crippen LogP) is 2.75. The lowest BCUT2D eigenvalue weighted by molar-refractivity contribution is 0.171. The van der Waals surface area contributed by atoms with Gasteiger partial charge in [-0.2, -0.15) is 0 Å². The number of H-pyrrole nitrogens is 1. The second-order valence-corrected chi connectivity index (χ2v) is 4.71. The van der Waals surface area contributed by atoms with Gasteiger partial charge in [0.2, 0.25) is 0 Å². The third kappa shape index (κ3) is 2.46. The zero-order valence-electron chi connectivity index (χ0n) is 10.5. The summed E-state index contributed by atoms with van der Waals surface area (Å²) in [6, 6.07) is 3.63. The van der Waals surface area contributed by atoms with Crippen molar-refractivity contribution in [2.75, 3.05) is 18.5 Å². The summed E-state index contributed by atoms with van der Waals surface area (Å²) < 4.78 is 11.0. The molecule has 3 rings (SSSR count). The fourth-order valence-corrected chi connectivity index (χ4v) is 2.16. The van der Waals surface area contributed by atoms with Gasteiger partial charge < -0.3 is 19.8 Å². The Balaban J connectivity index is 1.79. The molecule has 2 aromatic rings. The monoisotopic (exact) mass is 279 g/mol. The van der Waals surface area contributed by atoms with E-state index in [1.165, 1.54) is 0 Å². The van der Waals surface area contributed by atoms with Crippen LogP contribution in [0.25, 0.3) is 0 Å². The van der Waals surface area contributed by atoms with E-state index in [0.717, 1.165) is 22.8 Å². The van der Waals surface area contributed by atoms with E-state index < -0.39 is 0 Å². The van der Waals surface area contributed by atoms with E-state index in [9.17, 15) is 0 Å². The van der Waals surface area contributed by atoms with Crippen molar-refractivity contribution in [1.82, 2.24) is 9.97 Å². The number of imidazole rings is 1. The molecule has 0 aliphatic carbocycles. The second kappa shape index (κ2) is 5.01. The van der Waals surface area contributed by atoms with Crippen LogP contribution in [0.5, 0.6) is 11.5 Å². The van der Waals surface area contributed by atoms with Crippen molar-refractivity contribution in [2.45, 2.75) is 13.5 Å². The zero-order chi connectivity index (χ0) is 13.2. The van der Waals surface area contributed by atoms with Crippen LogP contribution in [0, 0.1) is 6.92 Å². The van der Waals surface area contributed by atoms with Crippen molar-refractivity contribution in [1.29, 1.82) is 0 Å². The number of aromatic amines is 1. The Morgan fingerprint density at radius 1 is 1.32 bits per heavy atom. The normalized spacial score (nSPS) is 13.4. The first-order chi connectivity index (χ1) is 9.24. The molecule has 1 aromatic carbocycles. The number of aryl methyl sites for hydroxylation is 1. The Bertz CT molecular complexity index is 598. The molecule has 0 radical (unpaired) electrons. The molecule has 0 spiro atoms. The number of ether oxygens (including phenoxy) is 2. The summed E-state index contributed by atoms with van der Waals surface area (Å²) in [4.78, 5) is 7.27. The standard InChI is InChI=1S/C13H14ClN3O2/c1-8-11(17-7-16-8)6-15-10-5-13-12(4-9(10)14)18-2-3-19-13/h4-5,7,15H,2-3,6H2,1H3,(H,16,17). The third-order valence-electron chi connectivity index (χ3n) is 3.01. The number of hydrogen-bond acceptors (Lipinski definition) is 4. The molecule has 100 valence electrons. The summed E-state index contributed by atoms with van der Waals surface area (Å²) in [6.07, 6.45) is 1.68. The smallest absolute Gasteiger partial charge is 0.163 e. The minimum absolute atomic E-state index is 0.558. The molecule has 0 amide bonds. The van der Waals surface area contributed by atoms with Crippen LogP contribution in [0.1, 0.15) is 11.4 Å². The predicted molar refractivity (Wildman–Crippen MR) is 73.1 cm³/mol. The topological polar surface area (TPSA) is 59.2 Å². The summed E-state index contributed by atoms with van der Waals surface area (Å²) >= 11 is 6.21. The summed E-state index contributed by atoms with van der Waals surface area (Å²) in [5.74, 6) is 1.41. The molecular formula is C13H14ClN3O2. The van der Waals surface area contributed by atoms with Crippen molar-refractivity contribution in [3.8, 4) is 11.5 Å². The van der Waals surface area contributed by atoms with Crippen LogP contribution in [-0.2, 0) is 6.54 Å². The number of halogens is 1. The van der Waals surface area contributed by atoms with Gasteiger partial charge in [0.15, 0.2) is 11.5 Å². The highest BCUT2D eigenvalue weighted by atomic mass is 35.5. The van der Waals surface area contributed by atoms with Gasteiger partial charge in [0.1, 0.15) is 13.2 Å². The first-order valence-corrected chi connectivity index (χ1v) is 6.43. The van der Waals surface area contributed by atoms with Crippen LogP contribution in [0.3, 0.4) is 0 Å². The van der Waals surface area contributed by atoms with Crippen LogP contribution in [0.4, 0.5) is 5.69 Å². The number of nitrogens with one attached hydrogen (secondary N) is 2. The number of benzene rings is 1. The zero-order valence-corrected chi connectivity index (χ0v) is 11.3. The van der Waals surface area contributed by atoms with Crippen molar-refractivity contribution in [3.05, 3.63) is 34.9 Å². The molecule has 2 heterocycles. The molecule has 1 aliphatic heterocycles. The van der Waals surface area contributed by atoms with E-state index >= 15 is 0 Å². The summed E-state index contributed by atoms with van der Waals surface area (Å²) in [5, 5.41) is 3.87. The maximum Gasteiger partial charge on any atom is 0.163 e. The Morgan fingerprint density at radius 2 is 2.05 bits per heavy atom. The second-order valence-electron chi connectivity index (χ2n) is 4.30. The Morgan fingerprint density at radius 3 is 2.74 bits per heavy atom. The van der Waals surface area contributed by atoms with Gasteiger partial charge in [0.05, 0.1) is 29.3 Å². The lowest BCUT2D eigenvalue weighted by Crippen LogP contribution is -2.15. The van der Waals surface area contributed by atoms with Gasteiger partial charge in [-0.05, 0) is 6.92 Å². The summed E-state index contributed by atoms with van der Waals surface area (Å²) in [7, 11) is 0. The lowest BCUT2D eigenvalue weighted by Gasteiger charge is -2.20. The van der Waals surface area contributed by atoms with E-state index in [4.69, 9.17) is 21.1 Å². The number of nitrogens with zero attached hydrogens (tertiary/aromatic N) is 1. The van der Waals surface area contributed by atoms with E-state index in [1.54, 1.807) is 12.4 Å². The first-order valence-electron chi connectivity index (χ1n) is 6.06. The first kappa shape index (κ1) is 12.2. The molecule has 2 N–H and O–H groups in total. The largest absolute Gasteiger partial charge is 0.486 e. The highest BCUT2D eigenvalue weighted by molar-refractivity contribution is 6.33. The van der Waals surface area contributed by atoms with E-state index in [1.807, 2.05) is 13.0 Å². The molecule has 0 atom stereocenters. The van der Waals surface area contributed by atoms with Crippen LogP contribution in [-0.4, -0.2) is 23.2 Å². The van der Waals surface area contributed by atoms with E-state index in [-0.39, 0.29) is 0 Å². The molecule has 0 saturated carbocycles. The Kier molecular flexibility index (Phi) is 3.21. The fourth-order valence-electron chi connectivity index (χ4n) is 1.94. The maximum absolute atomic E-state index is 6.21. The average Bonchev–Trinajstić information content (AvgIpc) is 2.82. The van der Waals surface area contributed by atoms with Gasteiger partial charge in [0, 0.05) is 17.8 Å². The Hall–Kier alpha value is -1.88. The lowest BCUT2D eigenvalue weighted by atomic mass is 10.2.